The summed E-state index contributed by atoms with van der Waals surface area (Å²) < 4.78 is 51.5. The molecule has 0 spiro atoms. The maximum Gasteiger partial charge on any atom is 0.416 e. The molecule has 0 fully saturated rings. The van der Waals surface area contributed by atoms with Gasteiger partial charge >= 0.3 is 12.1 Å². The summed E-state index contributed by atoms with van der Waals surface area (Å²) in [6, 6.07) is 19.0. The van der Waals surface area contributed by atoms with Gasteiger partial charge in [-0.05, 0) is 68.8 Å². The fourth-order valence-electron chi connectivity index (χ4n) is 5.22. The number of nitrogens with one attached hydrogen (secondary N) is 1. The van der Waals surface area contributed by atoms with E-state index in [0.29, 0.717) is 65.4 Å². The Bertz CT molecular complexity index is 1350. The first kappa shape index (κ1) is 35.6. The predicted molar refractivity (Wildman–Crippen MR) is 171 cm³/mol. The van der Waals surface area contributed by atoms with Crippen LogP contribution in [0, 0.1) is 0 Å². The molecule has 0 aliphatic heterocycles. The van der Waals surface area contributed by atoms with E-state index in [4.69, 9.17) is 9.47 Å². The second-order valence-corrected chi connectivity index (χ2v) is 11.3. The number of nitrogens with zero attached hydrogens (tertiary/aromatic N) is 1. The number of unbranched alkanes of at least 4 members (excludes halogenated alkanes) is 5. The minimum absolute atomic E-state index is 0.119. The SMILES string of the molecule is CCCCCCCCOc1ccccc1C(=O)Nc1ccc(C(=O)OCC[N+](CC)(CC)Cc2cccc(C(F)(F)F)c2)cc1. The van der Waals surface area contributed by atoms with Crippen LogP contribution in [0.25, 0.3) is 0 Å². The lowest BCUT2D eigenvalue weighted by Gasteiger charge is -2.37. The largest absolute Gasteiger partial charge is 0.493 e. The van der Waals surface area contributed by atoms with Crippen molar-refractivity contribution >= 4 is 17.6 Å². The van der Waals surface area contributed by atoms with Crippen molar-refractivity contribution in [3.8, 4) is 5.75 Å². The van der Waals surface area contributed by atoms with Gasteiger partial charge in [-0.3, -0.25) is 4.79 Å². The van der Waals surface area contributed by atoms with Crippen molar-refractivity contribution in [2.24, 2.45) is 0 Å². The van der Waals surface area contributed by atoms with Crippen LogP contribution in [0.4, 0.5) is 18.9 Å². The van der Waals surface area contributed by atoms with Gasteiger partial charge in [0.2, 0.25) is 0 Å². The van der Waals surface area contributed by atoms with Gasteiger partial charge in [0.25, 0.3) is 5.91 Å². The first-order valence-corrected chi connectivity index (χ1v) is 15.9. The third-order valence-corrected chi connectivity index (χ3v) is 8.18. The lowest BCUT2D eigenvalue weighted by molar-refractivity contribution is -0.937. The van der Waals surface area contributed by atoms with Gasteiger partial charge in [0.15, 0.2) is 0 Å². The number of rotatable bonds is 18. The molecule has 0 aliphatic rings. The van der Waals surface area contributed by atoms with Crippen LogP contribution in [0.1, 0.15) is 91.1 Å². The molecule has 0 unspecified atom stereocenters. The number of hydrogen-bond acceptors (Lipinski definition) is 4. The number of benzene rings is 3. The molecule has 3 aromatic rings. The molecule has 0 aliphatic carbocycles. The molecule has 0 saturated carbocycles. The summed E-state index contributed by atoms with van der Waals surface area (Å²) in [4.78, 5) is 25.8. The van der Waals surface area contributed by atoms with E-state index in [0.717, 1.165) is 18.9 Å². The highest BCUT2D eigenvalue weighted by Gasteiger charge is 2.32. The second kappa shape index (κ2) is 17.6. The Morgan fingerprint density at radius 3 is 2.18 bits per heavy atom. The highest BCUT2D eigenvalue weighted by atomic mass is 19.4. The lowest BCUT2D eigenvalue weighted by Crippen LogP contribution is -2.49. The van der Waals surface area contributed by atoms with E-state index in [-0.39, 0.29) is 12.5 Å². The van der Waals surface area contributed by atoms with Gasteiger partial charge in [-0.1, -0.05) is 63.3 Å². The van der Waals surface area contributed by atoms with Gasteiger partial charge in [-0.2, -0.15) is 13.2 Å². The minimum Gasteiger partial charge on any atom is -0.493 e. The molecular formula is C36H46F3N2O4+. The van der Waals surface area contributed by atoms with Gasteiger partial charge in [0, 0.05) is 11.3 Å². The van der Waals surface area contributed by atoms with Gasteiger partial charge < -0.3 is 19.3 Å². The summed E-state index contributed by atoms with van der Waals surface area (Å²) in [6.07, 6.45) is 2.51. The van der Waals surface area contributed by atoms with Crippen LogP contribution in [-0.2, 0) is 17.5 Å². The fourth-order valence-corrected chi connectivity index (χ4v) is 5.22. The third-order valence-electron chi connectivity index (χ3n) is 8.18. The Labute approximate surface area is 265 Å². The van der Waals surface area contributed by atoms with Crippen molar-refractivity contribution in [3.63, 3.8) is 0 Å². The summed E-state index contributed by atoms with van der Waals surface area (Å²) in [5, 5.41) is 2.86. The highest BCUT2D eigenvalue weighted by molar-refractivity contribution is 6.06. The van der Waals surface area contributed by atoms with E-state index >= 15 is 0 Å². The molecule has 0 bridgehead atoms. The number of alkyl halides is 3. The maximum absolute atomic E-state index is 13.2. The molecule has 0 radical (unpaired) electrons. The molecule has 3 aromatic carbocycles. The summed E-state index contributed by atoms with van der Waals surface area (Å²) in [7, 11) is 0. The van der Waals surface area contributed by atoms with Crippen LogP contribution in [0.2, 0.25) is 0 Å². The zero-order valence-electron chi connectivity index (χ0n) is 26.6. The number of carbonyl (C=O) groups excluding carboxylic acids is 2. The maximum atomic E-state index is 13.2. The number of esters is 1. The van der Waals surface area contributed by atoms with E-state index in [2.05, 4.69) is 12.2 Å². The van der Waals surface area contributed by atoms with E-state index in [1.165, 1.54) is 37.8 Å². The highest BCUT2D eigenvalue weighted by Crippen LogP contribution is 2.30. The number of quaternary nitrogens is 1. The smallest absolute Gasteiger partial charge is 0.416 e. The zero-order valence-corrected chi connectivity index (χ0v) is 26.6. The predicted octanol–water partition coefficient (Wildman–Crippen LogP) is 8.91. The molecule has 1 amide bonds. The Balaban J connectivity index is 1.52. The number of hydrogen-bond donors (Lipinski definition) is 1. The number of carbonyl (C=O) groups is 2. The van der Waals surface area contributed by atoms with E-state index in [1.807, 2.05) is 19.9 Å². The minimum atomic E-state index is -4.40. The molecule has 0 heterocycles. The van der Waals surface area contributed by atoms with Crippen LogP contribution < -0.4 is 10.1 Å². The molecule has 1 N–H and O–H groups in total. The van der Waals surface area contributed by atoms with Crippen LogP contribution in [-0.4, -0.2) is 49.2 Å². The number of likely N-dealkylation sites (N-methyl/N-ethyl adjacent to an activating group) is 1. The second-order valence-electron chi connectivity index (χ2n) is 11.3. The number of anilines is 1. The molecule has 0 aromatic heterocycles. The third kappa shape index (κ3) is 11.2. The zero-order chi connectivity index (χ0) is 32.7. The normalized spacial score (nSPS) is 11.7. The Kier molecular flexibility index (Phi) is 13.9. The average molecular weight is 628 g/mol. The molecule has 0 saturated heterocycles. The first-order chi connectivity index (χ1) is 21.6. The van der Waals surface area contributed by atoms with Crippen LogP contribution >= 0.6 is 0 Å². The fraction of sp³-hybridized carbons (Fsp3) is 0.444. The average Bonchev–Trinajstić information content (AvgIpc) is 3.04. The first-order valence-electron chi connectivity index (χ1n) is 15.9. The van der Waals surface area contributed by atoms with Crippen molar-refractivity contribution in [2.45, 2.75) is 72.0 Å². The van der Waals surface area contributed by atoms with Crippen molar-refractivity contribution < 1.29 is 36.7 Å². The molecule has 45 heavy (non-hydrogen) atoms. The molecule has 9 heteroatoms. The van der Waals surface area contributed by atoms with E-state index in [1.54, 1.807) is 48.5 Å². The molecule has 6 nitrogen and oxygen atoms in total. The molecule has 0 atom stereocenters. The summed E-state index contributed by atoms with van der Waals surface area (Å²) in [6.45, 7) is 9.02. The monoisotopic (exact) mass is 627 g/mol. The topological polar surface area (TPSA) is 64.6 Å². The molecular weight excluding hydrogens is 581 g/mol. The van der Waals surface area contributed by atoms with E-state index in [9.17, 15) is 22.8 Å². The Morgan fingerprint density at radius 1 is 0.800 bits per heavy atom. The summed E-state index contributed by atoms with van der Waals surface area (Å²) in [5.41, 5.74) is 1.21. The van der Waals surface area contributed by atoms with Crippen molar-refractivity contribution in [1.29, 1.82) is 0 Å². The summed E-state index contributed by atoms with van der Waals surface area (Å²) >= 11 is 0. The van der Waals surface area contributed by atoms with Crippen molar-refractivity contribution in [1.82, 2.24) is 0 Å². The number of para-hydroxylation sites is 1. The standard InChI is InChI=1S/C36H45F3N2O4/c1-4-7-8-9-10-13-24-44-33-18-12-11-17-32(33)34(42)40-31-21-19-29(20-22-31)35(43)45-25-23-41(5-2,6-3)27-28-15-14-16-30(26-28)36(37,38)39/h11-12,14-22,26H,4-10,13,23-25,27H2,1-3H3/p+1. The van der Waals surface area contributed by atoms with Crippen molar-refractivity contribution in [2.75, 3.05) is 38.2 Å². The number of halogens is 3. The van der Waals surface area contributed by atoms with Gasteiger partial charge in [-0.25, -0.2) is 4.79 Å². The van der Waals surface area contributed by atoms with Crippen LogP contribution in [0.5, 0.6) is 5.75 Å². The van der Waals surface area contributed by atoms with Crippen LogP contribution in [0.3, 0.4) is 0 Å². The Hall–Kier alpha value is -3.85. The Morgan fingerprint density at radius 2 is 1.49 bits per heavy atom. The quantitative estimate of drug-likeness (QED) is 0.0869. The molecule has 3 rings (SSSR count). The number of ether oxygens (including phenoxy) is 2. The van der Waals surface area contributed by atoms with Gasteiger partial charge in [-0.15, -0.1) is 0 Å². The van der Waals surface area contributed by atoms with Crippen LogP contribution in [0.15, 0.2) is 72.8 Å². The van der Waals surface area contributed by atoms with Gasteiger partial charge in [0.05, 0.1) is 36.4 Å². The summed E-state index contributed by atoms with van der Waals surface area (Å²) in [5.74, 6) is -0.283. The van der Waals surface area contributed by atoms with Crippen molar-refractivity contribution in [3.05, 3.63) is 95.1 Å². The molecule has 244 valence electrons. The lowest BCUT2D eigenvalue weighted by atomic mass is 10.1. The number of amides is 1. The van der Waals surface area contributed by atoms with Gasteiger partial charge in [0.1, 0.15) is 25.4 Å². The van der Waals surface area contributed by atoms with E-state index < -0.39 is 17.7 Å².